The molecule has 1 saturated carbocycles. The molecule has 0 saturated heterocycles. The summed E-state index contributed by atoms with van der Waals surface area (Å²) in [6.07, 6.45) is 5.98. The number of aliphatic imine (C=N–C) groups is 2. The fourth-order valence-electron chi connectivity index (χ4n) is 3.72. The molecule has 1 spiro atoms. The van der Waals surface area contributed by atoms with E-state index in [-0.39, 0.29) is 5.96 Å². The monoisotopic (exact) mass is 353 g/mol. The van der Waals surface area contributed by atoms with Crippen LogP contribution < -0.4 is 16.4 Å². The molecule has 0 radical (unpaired) electrons. The predicted molar refractivity (Wildman–Crippen MR) is 100 cm³/mol. The van der Waals surface area contributed by atoms with Crippen LogP contribution in [0.15, 0.2) is 34.3 Å². The number of guanidine groups is 2. The first-order chi connectivity index (χ1) is 12.6. The number of tetrazole rings is 1. The molecule has 0 amide bonds. The van der Waals surface area contributed by atoms with Gasteiger partial charge in [-0.25, -0.2) is 4.99 Å². The molecule has 2 heterocycles. The quantitative estimate of drug-likeness (QED) is 0.858. The standard InChI is InChI=1S/C17H23N9/c1-2-14-22-24-26(23-14)13-8-6-12(7-9-13)25-16(19)20-15(18)21-17(25)10-4-3-5-11-17/h6-9H,2-5,10-11H2,1H3,(H4,18,19,20,21). The average molecular weight is 353 g/mol. The third-order valence-corrected chi connectivity index (χ3v) is 4.96. The smallest absolute Gasteiger partial charge is 0.220 e. The van der Waals surface area contributed by atoms with Crippen LogP contribution in [0.5, 0.6) is 0 Å². The minimum absolute atomic E-state index is 0.260. The lowest BCUT2D eigenvalue weighted by molar-refractivity contribution is 0.305. The zero-order chi connectivity index (χ0) is 18.1. The van der Waals surface area contributed by atoms with Crippen LogP contribution in [0, 0.1) is 0 Å². The molecule has 0 unspecified atom stereocenters. The summed E-state index contributed by atoms with van der Waals surface area (Å²) >= 11 is 0. The Morgan fingerprint density at radius 2 is 1.73 bits per heavy atom. The van der Waals surface area contributed by atoms with Gasteiger partial charge in [0.25, 0.3) is 0 Å². The Morgan fingerprint density at radius 1 is 1.04 bits per heavy atom. The molecule has 4 N–H and O–H groups in total. The molecular weight excluding hydrogens is 330 g/mol. The molecule has 9 nitrogen and oxygen atoms in total. The van der Waals surface area contributed by atoms with Crippen LogP contribution in [-0.4, -0.2) is 37.8 Å². The molecule has 1 fully saturated rings. The number of nitrogens with zero attached hydrogens (tertiary/aromatic N) is 7. The van der Waals surface area contributed by atoms with E-state index >= 15 is 0 Å². The number of aromatic nitrogens is 4. The highest BCUT2D eigenvalue weighted by atomic mass is 15.6. The van der Waals surface area contributed by atoms with Gasteiger partial charge in [-0.05, 0) is 55.2 Å². The maximum atomic E-state index is 6.25. The molecule has 1 aromatic carbocycles. The van der Waals surface area contributed by atoms with Crippen LogP contribution in [0.1, 0.15) is 44.9 Å². The van der Waals surface area contributed by atoms with Crippen molar-refractivity contribution in [2.75, 3.05) is 4.90 Å². The van der Waals surface area contributed by atoms with E-state index < -0.39 is 5.66 Å². The highest BCUT2D eigenvalue weighted by Gasteiger charge is 2.42. The Morgan fingerprint density at radius 3 is 2.38 bits per heavy atom. The number of hydrogen-bond acceptors (Lipinski definition) is 8. The Bertz CT molecular complexity index is 843. The molecule has 4 rings (SSSR count). The summed E-state index contributed by atoms with van der Waals surface area (Å²) in [7, 11) is 0. The van der Waals surface area contributed by atoms with Crippen molar-refractivity contribution in [1.82, 2.24) is 20.2 Å². The maximum absolute atomic E-state index is 6.25. The normalized spacial score (nSPS) is 19.3. The third-order valence-electron chi connectivity index (χ3n) is 4.96. The summed E-state index contributed by atoms with van der Waals surface area (Å²) in [5, 5.41) is 12.4. The van der Waals surface area contributed by atoms with E-state index in [0.717, 1.165) is 43.5 Å². The van der Waals surface area contributed by atoms with Crippen LogP contribution in [0.25, 0.3) is 5.69 Å². The van der Waals surface area contributed by atoms with Gasteiger partial charge >= 0.3 is 0 Å². The minimum atomic E-state index is -0.434. The molecular formula is C17H23N9. The molecule has 1 aliphatic carbocycles. The van der Waals surface area contributed by atoms with Crippen LogP contribution >= 0.6 is 0 Å². The van der Waals surface area contributed by atoms with Crippen molar-refractivity contribution in [3.05, 3.63) is 30.1 Å². The van der Waals surface area contributed by atoms with Crippen molar-refractivity contribution < 1.29 is 0 Å². The third kappa shape index (κ3) is 2.79. The topological polar surface area (TPSA) is 124 Å². The molecule has 0 atom stereocenters. The molecule has 26 heavy (non-hydrogen) atoms. The summed E-state index contributed by atoms with van der Waals surface area (Å²) in [6.45, 7) is 2.00. The van der Waals surface area contributed by atoms with Crippen molar-refractivity contribution in [3.8, 4) is 5.69 Å². The number of aryl methyl sites for hydroxylation is 1. The van der Waals surface area contributed by atoms with E-state index in [1.54, 1.807) is 0 Å². The Labute approximate surface area is 151 Å². The van der Waals surface area contributed by atoms with E-state index in [1.165, 1.54) is 11.2 Å². The Hall–Kier alpha value is -2.97. The lowest BCUT2D eigenvalue weighted by atomic mass is 9.87. The van der Waals surface area contributed by atoms with Gasteiger partial charge in [0.05, 0.1) is 5.69 Å². The minimum Gasteiger partial charge on any atom is -0.369 e. The number of nitrogens with two attached hydrogens (primary N) is 2. The number of hydrogen-bond donors (Lipinski definition) is 2. The highest BCUT2D eigenvalue weighted by Crippen LogP contribution is 2.39. The van der Waals surface area contributed by atoms with Crippen molar-refractivity contribution in [2.45, 2.75) is 51.1 Å². The van der Waals surface area contributed by atoms with Gasteiger partial charge in [-0.15, -0.1) is 15.0 Å². The van der Waals surface area contributed by atoms with Crippen molar-refractivity contribution in [3.63, 3.8) is 0 Å². The molecule has 0 bridgehead atoms. The van der Waals surface area contributed by atoms with Crippen molar-refractivity contribution in [1.29, 1.82) is 0 Å². The lowest BCUT2D eigenvalue weighted by Gasteiger charge is -2.45. The first kappa shape index (κ1) is 16.5. The van der Waals surface area contributed by atoms with Gasteiger partial charge in [0.1, 0.15) is 5.66 Å². The van der Waals surface area contributed by atoms with E-state index in [4.69, 9.17) is 11.5 Å². The second-order valence-electron chi connectivity index (χ2n) is 6.68. The van der Waals surface area contributed by atoms with E-state index in [0.29, 0.717) is 11.8 Å². The van der Waals surface area contributed by atoms with Gasteiger partial charge < -0.3 is 11.5 Å². The molecule has 2 aliphatic rings. The molecule has 9 heteroatoms. The second kappa shape index (κ2) is 6.40. The zero-order valence-electron chi connectivity index (χ0n) is 14.8. The lowest BCUT2D eigenvalue weighted by Crippen LogP contribution is -2.58. The van der Waals surface area contributed by atoms with Gasteiger partial charge in [-0.1, -0.05) is 13.3 Å². The number of benzene rings is 1. The SMILES string of the molecule is CCc1nnn(-c2ccc(N3C(N)=NC(N)=NC34CCCCC4)cc2)n1. The van der Waals surface area contributed by atoms with Crippen LogP contribution in [-0.2, 0) is 6.42 Å². The molecule has 1 aliphatic heterocycles. The summed E-state index contributed by atoms with van der Waals surface area (Å²) in [4.78, 5) is 12.4. The Balaban J connectivity index is 1.68. The fraction of sp³-hybridized carbons (Fsp3) is 0.471. The van der Waals surface area contributed by atoms with Gasteiger partial charge in [0.15, 0.2) is 5.82 Å². The Kier molecular flexibility index (Phi) is 4.06. The van der Waals surface area contributed by atoms with Gasteiger partial charge in [-0.2, -0.15) is 4.99 Å². The zero-order valence-corrected chi connectivity index (χ0v) is 14.8. The summed E-state index contributed by atoms with van der Waals surface area (Å²) in [5.74, 6) is 1.36. The fourth-order valence-corrected chi connectivity index (χ4v) is 3.72. The maximum Gasteiger partial charge on any atom is 0.220 e. The van der Waals surface area contributed by atoms with Crippen LogP contribution in [0.4, 0.5) is 5.69 Å². The summed E-state index contributed by atoms with van der Waals surface area (Å²) in [5.41, 5.74) is 13.5. The highest BCUT2D eigenvalue weighted by molar-refractivity contribution is 6.05. The number of rotatable bonds is 3. The first-order valence-electron chi connectivity index (χ1n) is 9.00. The second-order valence-corrected chi connectivity index (χ2v) is 6.68. The van der Waals surface area contributed by atoms with Crippen LogP contribution in [0.2, 0.25) is 0 Å². The van der Waals surface area contributed by atoms with Gasteiger partial charge in [0.2, 0.25) is 11.9 Å². The van der Waals surface area contributed by atoms with Crippen LogP contribution in [0.3, 0.4) is 0 Å². The van der Waals surface area contributed by atoms with E-state index in [2.05, 4.69) is 25.4 Å². The molecule has 2 aromatic rings. The van der Waals surface area contributed by atoms with E-state index in [9.17, 15) is 0 Å². The number of anilines is 1. The molecule has 136 valence electrons. The van der Waals surface area contributed by atoms with E-state index in [1.807, 2.05) is 36.1 Å². The van der Waals surface area contributed by atoms with Gasteiger partial charge in [-0.3, -0.25) is 4.90 Å². The van der Waals surface area contributed by atoms with Crippen molar-refractivity contribution >= 4 is 17.6 Å². The largest absolute Gasteiger partial charge is 0.369 e. The average Bonchev–Trinajstić information content (AvgIpc) is 3.11. The summed E-state index contributed by atoms with van der Waals surface area (Å²) in [6, 6.07) is 7.87. The van der Waals surface area contributed by atoms with Crippen molar-refractivity contribution in [2.24, 2.45) is 21.5 Å². The summed E-state index contributed by atoms with van der Waals surface area (Å²) < 4.78 is 0. The predicted octanol–water partition coefficient (Wildman–Crippen LogP) is 1.33. The van der Waals surface area contributed by atoms with Gasteiger partial charge in [0, 0.05) is 12.1 Å². The first-order valence-corrected chi connectivity index (χ1v) is 9.00. The molecule has 1 aromatic heterocycles.